The topological polar surface area (TPSA) is 62.2 Å². The molecule has 0 saturated carbocycles. The number of aromatic nitrogens is 2. The molecule has 0 fully saturated rings. The van der Waals surface area contributed by atoms with Gasteiger partial charge < -0.3 is 15.5 Å². The lowest BCUT2D eigenvalue weighted by molar-refractivity contribution is 0.232. The van der Waals surface area contributed by atoms with Crippen molar-refractivity contribution in [3.63, 3.8) is 0 Å². The van der Waals surface area contributed by atoms with E-state index >= 15 is 0 Å². The number of rotatable bonds is 8. The lowest BCUT2D eigenvalue weighted by atomic mass is 9.98. The van der Waals surface area contributed by atoms with E-state index in [1.54, 1.807) is 4.68 Å². The van der Waals surface area contributed by atoms with Crippen LogP contribution in [0.15, 0.2) is 42.7 Å². The normalized spacial score (nSPS) is 13.5. The fourth-order valence-corrected chi connectivity index (χ4v) is 2.81. The Morgan fingerprint density at radius 2 is 1.92 bits per heavy atom. The summed E-state index contributed by atoms with van der Waals surface area (Å²) in [5, 5.41) is 10.1. The number of likely N-dealkylation sites (N-methyl/N-ethyl adjacent to an activating group) is 1. The van der Waals surface area contributed by atoms with Crippen LogP contribution < -0.4 is 10.6 Å². The molecule has 2 amide bonds. The van der Waals surface area contributed by atoms with Crippen molar-refractivity contribution in [2.24, 2.45) is 7.05 Å². The molecular weight excluding hydrogens is 314 g/mol. The summed E-state index contributed by atoms with van der Waals surface area (Å²) in [4.78, 5) is 14.1. The molecule has 0 aliphatic rings. The van der Waals surface area contributed by atoms with Gasteiger partial charge in [0.15, 0.2) is 0 Å². The lowest BCUT2D eigenvalue weighted by Gasteiger charge is -2.23. The summed E-state index contributed by atoms with van der Waals surface area (Å²) in [6, 6.07) is 10.3. The van der Waals surface area contributed by atoms with Crippen LogP contribution in [0.25, 0.3) is 0 Å². The zero-order valence-corrected chi connectivity index (χ0v) is 15.6. The van der Waals surface area contributed by atoms with Gasteiger partial charge in [-0.05, 0) is 32.0 Å². The molecule has 0 radical (unpaired) electrons. The first-order chi connectivity index (χ1) is 12.0. The first kappa shape index (κ1) is 19.0. The van der Waals surface area contributed by atoms with E-state index in [-0.39, 0.29) is 12.1 Å². The second kappa shape index (κ2) is 9.22. The third-order valence-electron chi connectivity index (χ3n) is 4.42. The number of nitrogens with zero attached hydrogens (tertiary/aromatic N) is 3. The Hall–Kier alpha value is -2.34. The summed E-state index contributed by atoms with van der Waals surface area (Å²) in [6.07, 6.45) is 4.73. The molecule has 1 aromatic heterocycles. The molecule has 0 saturated heterocycles. The molecule has 0 unspecified atom stereocenters. The minimum Gasteiger partial charge on any atom is -0.338 e. The van der Waals surface area contributed by atoms with E-state index in [4.69, 9.17) is 0 Å². The highest BCUT2D eigenvalue weighted by Crippen LogP contribution is 2.18. The minimum atomic E-state index is -0.129. The highest BCUT2D eigenvalue weighted by Gasteiger charge is 2.16. The Morgan fingerprint density at radius 1 is 1.20 bits per heavy atom. The molecule has 6 heteroatoms. The van der Waals surface area contributed by atoms with E-state index < -0.39 is 0 Å². The molecule has 1 aromatic carbocycles. The zero-order chi connectivity index (χ0) is 18.2. The van der Waals surface area contributed by atoms with Crippen molar-refractivity contribution >= 4 is 6.03 Å². The van der Waals surface area contributed by atoms with Gasteiger partial charge in [-0.25, -0.2) is 4.79 Å². The van der Waals surface area contributed by atoms with Gasteiger partial charge >= 0.3 is 6.03 Å². The zero-order valence-electron chi connectivity index (χ0n) is 15.6. The molecule has 2 N–H and O–H groups in total. The first-order valence-electron chi connectivity index (χ1n) is 8.69. The van der Waals surface area contributed by atoms with Crippen LogP contribution in [0.3, 0.4) is 0 Å². The van der Waals surface area contributed by atoms with Crippen molar-refractivity contribution in [3.05, 3.63) is 53.9 Å². The molecule has 1 heterocycles. The van der Waals surface area contributed by atoms with Crippen molar-refractivity contribution in [3.8, 4) is 0 Å². The van der Waals surface area contributed by atoms with E-state index in [0.717, 1.165) is 12.0 Å². The number of carbonyl (C=O) groups excluding carboxylic acids is 1. The van der Waals surface area contributed by atoms with Crippen LogP contribution in [0, 0.1) is 0 Å². The molecule has 0 spiro atoms. The van der Waals surface area contributed by atoms with E-state index in [1.165, 1.54) is 5.56 Å². The summed E-state index contributed by atoms with van der Waals surface area (Å²) in [5.41, 5.74) is 2.39. The number of carbonyl (C=O) groups is 1. The molecule has 2 atom stereocenters. The molecule has 0 aliphatic carbocycles. The Morgan fingerprint density at radius 3 is 2.52 bits per heavy atom. The summed E-state index contributed by atoms with van der Waals surface area (Å²) in [7, 11) is 5.89. The number of amides is 2. The van der Waals surface area contributed by atoms with E-state index in [9.17, 15) is 4.79 Å². The summed E-state index contributed by atoms with van der Waals surface area (Å²) in [6.45, 7) is 3.37. The molecule has 0 bridgehead atoms. The van der Waals surface area contributed by atoms with Crippen LogP contribution in [0.2, 0.25) is 0 Å². The van der Waals surface area contributed by atoms with Crippen molar-refractivity contribution < 1.29 is 4.79 Å². The number of hydrogen-bond donors (Lipinski definition) is 2. The number of aryl methyl sites for hydroxylation is 1. The molecule has 2 aromatic rings. The van der Waals surface area contributed by atoms with Gasteiger partial charge in [-0.3, -0.25) is 4.68 Å². The predicted molar refractivity (Wildman–Crippen MR) is 101 cm³/mol. The Balaban J connectivity index is 1.74. The Labute approximate surface area is 150 Å². The van der Waals surface area contributed by atoms with Gasteiger partial charge in [0.25, 0.3) is 0 Å². The smallest absolute Gasteiger partial charge is 0.314 e. The average molecular weight is 343 g/mol. The fraction of sp³-hybridized carbons (Fsp3) is 0.474. The summed E-state index contributed by atoms with van der Waals surface area (Å²) in [5.74, 6) is 0.423. The lowest BCUT2D eigenvalue weighted by Crippen LogP contribution is -2.40. The maximum Gasteiger partial charge on any atom is 0.314 e. The predicted octanol–water partition coefficient (Wildman–Crippen LogP) is 2.52. The quantitative estimate of drug-likeness (QED) is 0.774. The minimum absolute atomic E-state index is 0.0997. The molecule has 0 aliphatic heterocycles. The van der Waals surface area contributed by atoms with Gasteiger partial charge in [0, 0.05) is 31.9 Å². The van der Waals surface area contributed by atoms with Crippen LogP contribution in [0.4, 0.5) is 4.79 Å². The molecule has 136 valence electrons. The van der Waals surface area contributed by atoms with Crippen LogP contribution in [-0.4, -0.2) is 47.9 Å². The Bertz CT molecular complexity index is 653. The number of nitrogens with one attached hydrogen (secondary N) is 2. The van der Waals surface area contributed by atoms with Crippen LogP contribution in [-0.2, 0) is 7.05 Å². The average Bonchev–Trinajstić information content (AvgIpc) is 3.01. The van der Waals surface area contributed by atoms with Gasteiger partial charge in [0.1, 0.15) is 0 Å². The highest BCUT2D eigenvalue weighted by atomic mass is 16.2. The van der Waals surface area contributed by atoms with Crippen LogP contribution in [0.5, 0.6) is 0 Å². The molecular formula is C19H29N5O. The maximum atomic E-state index is 12.1. The summed E-state index contributed by atoms with van der Waals surface area (Å²) >= 11 is 0. The first-order valence-corrected chi connectivity index (χ1v) is 8.69. The monoisotopic (exact) mass is 343 g/mol. The third-order valence-corrected chi connectivity index (χ3v) is 4.42. The maximum absolute atomic E-state index is 12.1. The number of hydrogen-bond acceptors (Lipinski definition) is 3. The van der Waals surface area contributed by atoms with Crippen LogP contribution >= 0.6 is 0 Å². The third kappa shape index (κ3) is 5.90. The van der Waals surface area contributed by atoms with Crippen LogP contribution in [0.1, 0.15) is 36.4 Å². The standard InChI is InChI=1S/C19H29N5O/c1-15(16-8-6-5-7-9-16)10-11-20-19(25)21-13-18(23(2)3)17-12-22-24(4)14-17/h5-9,12,14-15,18H,10-11,13H2,1-4H3,(H2,20,21,25)/t15-,18+/m1/s1. The van der Waals surface area contributed by atoms with E-state index in [2.05, 4.69) is 39.7 Å². The van der Waals surface area contributed by atoms with Crippen molar-refractivity contribution in [1.82, 2.24) is 25.3 Å². The largest absolute Gasteiger partial charge is 0.338 e. The molecule has 2 rings (SSSR count). The van der Waals surface area contributed by atoms with Gasteiger partial charge in [-0.2, -0.15) is 5.10 Å². The number of benzene rings is 1. The van der Waals surface area contributed by atoms with E-state index in [0.29, 0.717) is 19.0 Å². The van der Waals surface area contributed by atoms with E-state index in [1.807, 2.05) is 51.7 Å². The second-order valence-electron chi connectivity index (χ2n) is 6.66. The van der Waals surface area contributed by atoms with Gasteiger partial charge in [-0.15, -0.1) is 0 Å². The molecule has 25 heavy (non-hydrogen) atoms. The summed E-state index contributed by atoms with van der Waals surface area (Å²) < 4.78 is 1.77. The van der Waals surface area contributed by atoms with Crippen molar-refractivity contribution in [1.29, 1.82) is 0 Å². The van der Waals surface area contributed by atoms with Gasteiger partial charge in [0.05, 0.1) is 12.2 Å². The van der Waals surface area contributed by atoms with Gasteiger partial charge in [0.2, 0.25) is 0 Å². The van der Waals surface area contributed by atoms with Crippen molar-refractivity contribution in [2.75, 3.05) is 27.2 Å². The highest BCUT2D eigenvalue weighted by molar-refractivity contribution is 5.73. The Kier molecular flexibility index (Phi) is 7.01. The SMILES string of the molecule is C[C@H](CCNC(=O)NC[C@@H](c1cnn(C)c1)N(C)C)c1ccccc1. The number of urea groups is 1. The fourth-order valence-electron chi connectivity index (χ4n) is 2.81. The van der Waals surface area contributed by atoms with Crippen molar-refractivity contribution in [2.45, 2.75) is 25.3 Å². The van der Waals surface area contributed by atoms with Gasteiger partial charge in [-0.1, -0.05) is 37.3 Å². The molecule has 6 nitrogen and oxygen atoms in total. The second-order valence-corrected chi connectivity index (χ2v) is 6.66.